The predicted molar refractivity (Wildman–Crippen MR) is 81.4 cm³/mol. The first-order valence-electron chi connectivity index (χ1n) is 7.29. The lowest BCUT2D eigenvalue weighted by Crippen LogP contribution is -2.27. The van der Waals surface area contributed by atoms with Gasteiger partial charge in [0.2, 0.25) is 5.89 Å². The third-order valence-electron chi connectivity index (χ3n) is 3.45. The van der Waals surface area contributed by atoms with Crippen molar-refractivity contribution in [2.24, 2.45) is 0 Å². The van der Waals surface area contributed by atoms with E-state index in [1.165, 1.54) is 0 Å². The zero-order valence-electron chi connectivity index (χ0n) is 13.1. The Kier molecular flexibility index (Phi) is 5.33. The van der Waals surface area contributed by atoms with Gasteiger partial charge in [-0.15, -0.1) is 0 Å². The third-order valence-corrected chi connectivity index (χ3v) is 3.45. The van der Waals surface area contributed by atoms with Crippen LogP contribution in [0.4, 0.5) is 0 Å². The van der Waals surface area contributed by atoms with E-state index in [0.29, 0.717) is 12.5 Å². The highest BCUT2D eigenvalue weighted by atomic mass is 16.5. The van der Waals surface area contributed by atoms with Crippen molar-refractivity contribution >= 4 is 0 Å². The van der Waals surface area contributed by atoms with Crippen LogP contribution in [0.15, 0.2) is 34.9 Å². The van der Waals surface area contributed by atoms with Gasteiger partial charge in [-0.2, -0.15) is 4.98 Å². The SMILES string of the molecule is CC(C)c1noc(C(C)N(C)CCOc2ccccc2)n1. The van der Waals surface area contributed by atoms with Gasteiger partial charge in [0, 0.05) is 12.5 Å². The van der Waals surface area contributed by atoms with Gasteiger partial charge in [-0.25, -0.2) is 0 Å². The standard InChI is InChI=1S/C16H23N3O2/c1-12(2)15-17-16(21-18-15)13(3)19(4)10-11-20-14-8-6-5-7-9-14/h5-9,12-13H,10-11H2,1-4H3. The highest BCUT2D eigenvalue weighted by Gasteiger charge is 2.19. The Morgan fingerprint density at radius 3 is 2.52 bits per heavy atom. The van der Waals surface area contributed by atoms with Gasteiger partial charge in [0.05, 0.1) is 6.04 Å². The van der Waals surface area contributed by atoms with Crippen LogP contribution in [0.1, 0.15) is 44.4 Å². The molecule has 2 aromatic rings. The number of likely N-dealkylation sites (N-methyl/N-ethyl adjacent to an activating group) is 1. The molecule has 2 rings (SSSR count). The van der Waals surface area contributed by atoms with Crippen LogP contribution in [0.3, 0.4) is 0 Å². The fourth-order valence-corrected chi connectivity index (χ4v) is 1.86. The Bertz CT molecular complexity index is 539. The molecule has 1 atom stereocenters. The van der Waals surface area contributed by atoms with Gasteiger partial charge in [0.15, 0.2) is 5.82 Å². The van der Waals surface area contributed by atoms with E-state index in [9.17, 15) is 0 Å². The van der Waals surface area contributed by atoms with Crippen LogP contribution in [-0.4, -0.2) is 35.2 Å². The Morgan fingerprint density at radius 2 is 1.90 bits per heavy atom. The van der Waals surface area contributed by atoms with Gasteiger partial charge in [0.25, 0.3) is 0 Å². The number of ether oxygens (including phenoxy) is 1. The maximum Gasteiger partial charge on any atom is 0.243 e. The van der Waals surface area contributed by atoms with E-state index in [4.69, 9.17) is 9.26 Å². The molecule has 1 unspecified atom stereocenters. The van der Waals surface area contributed by atoms with Crippen molar-refractivity contribution in [1.29, 1.82) is 0 Å². The molecule has 1 aromatic heterocycles. The zero-order valence-corrected chi connectivity index (χ0v) is 13.1. The third kappa shape index (κ3) is 4.29. The summed E-state index contributed by atoms with van der Waals surface area (Å²) in [4.78, 5) is 6.58. The van der Waals surface area contributed by atoms with Gasteiger partial charge >= 0.3 is 0 Å². The Balaban J connectivity index is 1.83. The fourth-order valence-electron chi connectivity index (χ4n) is 1.86. The number of benzene rings is 1. The minimum absolute atomic E-state index is 0.0735. The van der Waals surface area contributed by atoms with Crippen LogP contribution in [0, 0.1) is 0 Å². The van der Waals surface area contributed by atoms with Gasteiger partial charge in [-0.1, -0.05) is 37.2 Å². The molecule has 5 heteroatoms. The predicted octanol–water partition coefficient (Wildman–Crippen LogP) is 3.26. The quantitative estimate of drug-likeness (QED) is 0.783. The summed E-state index contributed by atoms with van der Waals surface area (Å²) in [7, 11) is 2.03. The van der Waals surface area contributed by atoms with Crippen LogP contribution in [0.2, 0.25) is 0 Å². The molecule has 0 aliphatic heterocycles. The first-order chi connectivity index (χ1) is 10.1. The largest absolute Gasteiger partial charge is 0.492 e. The molecule has 0 aliphatic carbocycles. The summed E-state index contributed by atoms with van der Waals surface area (Å²) in [5.41, 5.74) is 0. The monoisotopic (exact) mass is 289 g/mol. The van der Waals surface area contributed by atoms with E-state index in [-0.39, 0.29) is 12.0 Å². The molecule has 0 bridgehead atoms. The van der Waals surface area contributed by atoms with E-state index >= 15 is 0 Å². The van der Waals surface area contributed by atoms with Crippen LogP contribution in [0.25, 0.3) is 0 Å². The Hall–Kier alpha value is -1.88. The molecule has 0 fully saturated rings. The van der Waals surface area contributed by atoms with Crippen molar-refractivity contribution in [3.8, 4) is 5.75 Å². The van der Waals surface area contributed by atoms with E-state index in [1.807, 2.05) is 37.4 Å². The lowest BCUT2D eigenvalue weighted by atomic mass is 10.2. The van der Waals surface area contributed by atoms with E-state index in [1.54, 1.807) is 0 Å². The number of nitrogens with zero attached hydrogens (tertiary/aromatic N) is 3. The van der Waals surface area contributed by atoms with Gasteiger partial charge in [-0.3, -0.25) is 4.90 Å². The lowest BCUT2D eigenvalue weighted by molar-refractivity contribution is 0.174. The van der Waals surface area contributed by atoms with Gasteiger partial charge in [0.1, 0.15) is 12.4 Å². The number of aromatic nitrogens is 2. The van der Waals surface area contributed by atoms with E-state index in [0.717, 1.165) is 18.1 Å². The molecule has 21 heavy (non-hydrogen) atoms. The second kappa shape index (κ2) is 7.22. The summed E-state index contributed by atoms with van der Waals surface area (Å²) in [5.74, 6) is 2.58. The number of hydrogen-bond acceptors (Lipinski definition) is 5. The highest BCUT2D eigenvalue weighted by Crippen LogP contribution is 2.19. The zero-order chi connectivity index (χ0) is 15.2. The summed E-state index contributed by atoms with van der Waals surface area (Å²) >= 11 is 0. The molecule has 114 valence electrons. The van der Waals surface area contributed by atoms with Crippen molar-refractivity contribution in [3.63, 3.8) is 0 Å². The smallest absolute Gasteiger partial charge is 0.243 e. The van der Waals surface area contributed by atoms with Crippen LogP contribution in [-0.2, 0) is 0 Å². The average molecular weight is 289 g/mol. The number of rotatable bonds is 7. The van der Waals surface area contributed by atoms with Crippen molar-refractivity contribution < 1.29 is 9.26 Å². The molecule has 0 saturated heterocycles. The Morgan fingerprint density at radius 1 is 1.19 bits per heavy atom. The fraction of sp³-hybridized carbons (Fsp3) is 0.500. The molecule has 0 saturated carbocycles. The molecule has 1 aromatic carbocycles. The minimum Gasteiger partial charge on any atom is -0.492 e. The summed E-state index contributed by atoms with van der Waals surface area (Å²) in [5, 5.41) is 4.00. The normalized spacial score (nSPS) is 12.9. The van der Waals surface area contributed by atoms with Crippen molar-refractivity contribution in [3.05, 3.63) is 42.0 Å². The maximum absolute atomic E-state index is 5.70. The van der Waals surface area contributed by atoms with Crippen LogP contribution < -0.4 is 4.74 Å². The first-order valence-corrected chi connectivity index (χ1v) is 7.29. The van der Waals surface area contributed by atoms with Crippen molar-refractivity contribution in [2.45, 2.75) is 32.7 Å². The highest BCUT2D eigenvalue weighted by molar-refractivity contribution is 5.20. The lowest BCUT2D eigenvalue weighted by Gasteiger charge is -2.21. The summed E-state index contributed by atoms with van der Waals surface area (Å²) in [6, 6.07) is 9.89. The summed E-state index contributed by atoms with van der Waals surface area (Å²) in [6.07, 6.45) is 0. The molecular weight excluding hydrogens is 266 g/mol. The molecule has 0 spiro atoms. The van der Waals surface area contributed by atoms with Gasteiger partial charge < -0.3 is 9.26 Å². The summed E-state index contributed by atoms with van der Waals surface area (Å²) in [6.45, 7) is 7.57. The van der Waals surface area contributed by atoms with Crippen LogP contribution in [0.5, 0.6) is 5.75 Å². The van der Waals surface area contributed by atoms with Crippen molar-refractivity contribution in [1.82, 2.24) is 15.0 Å². The molecule has 0 aliphatic rings. The van der Waals surface area contributed by atoms with Gasteiger partial charge in [-0.05, 0) is 26.1 Å². The molecule has 5 nitrogen and oxygen atoms in total. The number of hydrogen-bond donors (Lipinski definition) is 0. The molecule has 0 amide bonds. The average Bonchev–Trinajstić information content (AvgIpc) is 2.97. The first kappa shape index (κ1) is 15.5. The van der Waals surface area contributed by atoms with Crippen LogP contribution >= 0.6 is 0 Å². The second-order valence-corrected chi connectivity index (χ2v) is 5.46. The summed E-state index contributed by atoms with van der Waals surface area (Å²) < 4.78 is 11.0. The Labute approximate surface area is 125 Å². The molecule has 0 N–H and O–H groups in total. The van der Waals surface area contributed by atoms with E-state index in [2.05, 4.69) is 35.8 Å². The molecular formula is C16H23N3O2. The molecule has 0 radical (unpaired) electrons. The minimum atomic E-state index is 0.0735. The topological polar surface area (TPSA) is 51.4 Å². The number of para-hydroxylation sites is 1. The second-order valence-electron chi connectivity index (χ2n) is 5.46. The molecule has 1 heterocycles. The van der Waals surface area contributed by atoms with E-state index < -0.39 is 0 Å². The maximum atomic E-state index is 5.70. The van der Waals surface area contributed by atoms with Crippen molar-refractivity contribution in [2.75, 3.05) is 20.2 Å².